The van der Waals surface area contributed by atoms with Crippen LogP contribution in [0.3, 0.4) is 0 Å². The predicted octanol–water partition coefficient (Wildman–Crippen LogP) is 1.97. The van der Waals surface area contributed by atoms with Gasteiger partial charge in [-0.2, -0.15) is 4.52 Å². The molecule has 0 spiro atoms. The predicted molar refractivity (Wildman–Crippen MR) is 85.1 cm³/mol. The van der Waals surface area contributed by atoms with E-state index in [1.165, 1.54) is 7.11 Å². The van der Waals surface area contributed by atoms with Crippen LogP contribution in [0.25, 0.3) is 16.7 Å². The third-order valence-corrected chi connectivity index (χ3v) is 3.61. The number of ether oxygens (including phenoxy) is 2. The van der Waals surface area contributed by atoms with Crippen molar-refractivity contribution in [1.29, 1.82) is 0 Å². The van der Waals surface area contributed by atoms with Crippen LogP contribution in [-0.2, 0) is 6.61 Å². The number of aromatic nitrogens is 5. The van der Waals surface area contributed by atoms with Crippen LogP contribution in [0.5, 0.6) is 17.4 Å². The topological polar surface area (TPSA) is 94.7 Å². The summed E-state index contributed by atoms with van der Waals surface area (Å²) in [5.74, 6) is 1.22. The average Bonchev–Trinajstić information content (AvgIpc) is 3.12. The third-order valence-electron chi connectivity index (χ3n) is 3.61. The maximum atomic E-state index is 9.23. The lowest BCUT2D eigenvalue weighted by atomic mass is 10.2. The molecule has 1 N–H and O–H groups in total. The number of hydrogen-bond acceptors (Lipinski definition) is 7. The fourth-order valence-corrected chi connectivity index (χ4v) is 2.45. The summed E-state index contributed by atoms with van der Waals surface area (Å²) in [5, 5.41) is 20.9. The number of fused-ring (bicyclic) bond motifs is 3. The van der Waals surface area contributed by atoms with E-state index in [1.54, 1.807) is 22.7 Å². The van der Waals surface area contributed by atoms with Crippen LogP contribution < -0.4 is 9.47 Å². The number of aliphatic hydroxyl groups is 1. The van der Waals surface area contributed by atoms with Gasteiger partial charge >= 0.3 is 0 Å². The van der Waals surface area contributed by atoms with E-state index in [4.69, 9.17) is 9.47 Å². The number of nitrogens with zero attached hydrogens (tertiary/aromatic N) is 5. The van der Waals surface area contributed by atoms with Gasteiger partial charge in [0.2, 0.25) is 5.65 Å². The zero-order valence-corrected chi connectivity index (χ0v) is 12.7. The maximum absolute atomic E-state index is 9.23. The van der Waals surface area contributed by atoms with Gasteiger partial charge in [0.15, 0.2) is 11.5 Å². The molecule has 0 saturated carbocycles. The number of hydrogen-bond donors (Lipinski definition) is 1. The summed E-state index contributed by atoms with van der Waals surface area (Å²) in [6.07, 6.45) is 0. The number of rotatable bonds is 4. The molecule has 120 valence electrons. The Balaban J connectivity index is 1.86. The van der Waals surface area contributed by atoms with Crippen molar-refractivity contribution in [1.82, 2.24) is 25.0 Å². The van der Waals surface area contributed by atoms with Crippen molar-refractivity contribution in [3.8, 4) is 17.4 Å². The second-order valence-corrected chi connectivity index (χ2v) is 5.07. The van der Waals surface area contributed by atoms with Crippen molar-refractivity contribution >= 4 is 16.7 Å². The van der Waals surface area contributed by atoms with Crippen LogP contribution in [0.15, 0.2) is 42.5 Å². The first kappa shape index (κ1) is 14.3. The Kier molecular flexibility index (Phi) is 3.43. The van der Waals surface area contributed by atoms with Gasteiger partial charge in [-0.1, -0.05) is 18.2 Å². The summed E-state index contributed by atoms with van der Waals surface area (Å²) < 4.78 is 12.8. The van der Waals surface area contributed by atoms with Crippen LogP contribution >= 0.6 is 0 Å². The second-order valence-electron chi connectivity index (χ2n) is 5.07. The molecule has 2 heterocycles. The molecule has 0 aliphatic heterocycles. The Bertz CT molecular complexity index is 1030. The van der Waals surface area contributed by atoms with E-state index in [2.05, 4.69) is 20.5 Å². The molecule has 0 amide bonds. The SMILES string of the molecule is COc1cc(CO)ccc1Oc1nc2ccccc2n2nnnc12. The van der Waals surface area contributed by atoms with E-state index in [9.17, 15) is 5.11 Å². The molecule has 2 aromatic heterocycles. The largest absolute Gasteiger partial charge is 0.493 e. The molecule has 0 unspecified atom stereocenters. The molecule has 0 radical (unpaired) electrons. The molecule has 4 rings (SSSR count). The summed E-state index contributed by atoms with van der Waals surface area (Å²) in [6.45, 7) is -0.0802. The molecular formula is C16H13N5O3. The lowest BCUT2D eigenvalue weighted by molar-refractivity contribution is 0.280. The third kappa shape index (κ3) is 2.29. The zero-order chi connectivity index (χ0) is 16.5. The zero-order valence-electron chi connectivity index (χ0n) is 12.7. The molecule has 0 aliphatic carbocycles. The fourth-order valence-electron chi connectivity index (χ4n) is 2.45. The smallest absolute Gasteiger partial charge is 0.268 e. The van der Waals surface area contributed by atoms with Crippen LogP contribution in [-0.4, -0.2) is 37.2 Å². The highest BCUT2D eigenvalue weighted by molar-refractivity contribution is 5.78. The molecule has 0 aliphatic rings. The molecule has 8 nitrogen and oxygen atoms in total. The number of aliphatic hydroxyl groups excluding tert-OH is 1. The molecular weight excluding hydrogens is 310 g/mol. The Morgan fingerprint density at radius 3 is 2.83 bits per heavy atom. The van der Waals surface area contributed by atoms with Gasteiger partial charge in [0.05, 0.1) is 24.8 Å². The van der Waals surface area contributed by atoms with Gasteiger partial charge in [-0.15, -0.1) is 5.10 Å². The Labute approximate surface area is 136 Å². The number of tetrazole rings is 1. The van der Waals surface area contributed by atoms with Crippen molar-refractivity contribution in [2.75, 3.05) is 7.11 Å². The van der Waals surface area contributed by atoms with Crippen LogP contribution in [0.4, 0.5) is 0 Å². The summed E-state index contributed by atoms with van der Waals surface area (Å²) in [7, 11) is 1.53. The van der Waals surface area contributed by atoms with Gasteiger partial charge in [0.25, 0.3) is 5.88 Å². The molecule has 2 aromatic carbocycles. The highest BCUT2D eigenvalue weighted by Crippen LogP contribution is 2.33. The molecule has 0 bridgehead atoms. The summed E-state index contributed by atoms with van der Waals surface area (Å²) >= 11 is 0. The first-order valence-electron chi connectivity index (χ1n) is 7.22. The Morgan fingerprint density at radius 2 is 2.00 bits per heavy atom. The number of benzene rings is 2. The lowest BCUT2D eigenvalue weighted by Gasteiger charge is -2.11. The van der Waals surface area contributed by atoms with Gasteiger partial charge in [-0.05, 0) is 40.3 Å². The Morgan fingerprint density at radius 1 is 1.12 bits per heavy atom. The molecule has 0 saturated heterocycles. The molecule has 0 fully saturated rings. The molecule has 4 aromatic rings. The molecule has 0 atom stereocenters. The number of para-hydroxylation sites is 2. The molecule has 24 heavy (non-hydrogen) atoms. The summed E-state index contributed by atoms with van der Waals surface area (Å²) in [5.41, 5.74) is 2.62. The van der Waals surface area contributed by atoms with E-state index in [1.807, 2.05) is 24.3 Å². The first-order valence-corrected chi connectivity index (χ1v) is 7.22. The van der Waals surface area contributed by atoms with Crippen LogP contribution in [0.2, 0.25) is 0 Å². The van der Waals surface area contributed by atoms with E-state index >= 15 is 0 Å². The van der Waals surface area contributed by atoms with E-state index < -0.39 is 0 Å². The quantitative estimate of drug-likeness (QED) is 0.613. The summed E-state index contributed by atoms with van der Waals surface area (Å²) in [4.78, 5) is 4.50. The van der Waals surface area contributed by atoms with Gasteiger partial charge < -0.3 is 14.6 Å². The average molecular weight is 323 g/mol. The first-order chi connectivity index (χ1) is 11.8. The van der Waals surface area contributed by atoms with E-state index in [-0.39, 0.29) is 12.5 Å². The van der Waals surface area contributed by atoms with Crippen molar-refractivity contribution < 1.29 is 14.6 Å². The van der Waals surface area contributed by atoms with E-state index in [0.717, 1.165) is 11.1 Å². The Hall–Kier alpha value is -3.26. The standard InChI is InChI=1S/C16H13N5O3/c1-23-14-8-10(9-22)6-7-13(14)24-16-15-18-19-20-21(15)12-5-3-2-4-11(12)17-16/h2-8,22H,9H2,1H3. The highest BCUT2D eigenvalue weighted by atomic mass is 16.5. The van der Waals surface area contributed by atoms with Gasteiger partial charge in [0, 0.05) is 0 Å². The van der Waals surface area contributed by atoms with E-state index in [0.29, 0.717) is 22.7 Å². The monoisotopic (exact) mass is 323 g/mol. The van der Waals surface area contributed by atoms with Crippen molar-refractivity contribution in [3.05, 3.63) is 48.0 Å². The maximum Gasteiger partial charge on any atom is 0.268 e. The van der Waals surface area contributed by atoms with Gasteiger partial charge in [-0.3, -0.25) is 0 Å². The fraction of sp³-hybridized carbons (Fsp3) is 0.125. The van der Waals surface area contributed by atoms with Crippen LogP contribution in [0.1, 0.15) is 5.56 Å². The van der Waals surface area contributed by atoms with Gasteiger partial charge in [0.1, 0.15) is 0 Å². The van der Waals surface area contributed by atoms with Crippen molar-refractivity contribution in [3.63, 3.8) is 0 Å². The highest BCUT2D eigenvalue weighted by Gasteiger charge is 2.15. The lowest BCUT2D eigenvalue weighted by Crippen LogP contribution is -1.99. The molecule has 8 heteroatoms. The summed E-state index contributed by atoms with van der Waals surface area (Å²) in [6, 6.07) is 12.7. The number of methoxy groups -OCH3 is 1. The normalized spacial score (nSPS) is 11.1. The van der Waals surface area contributed by atoms with Gasteiger partial charge in [-0.25, -0.2) is 4.98 Å². The van der Waals surface area contributed by atoms with Crippen molar-refractivity contribution in [2.24, 2.45) is 0 Å². The minimum absolute atomic E-state index is 0.0802. The minimum Gasteiger partial charge on any atom is -0.493 e. The second kappa shape index (κ2) is 5.74. The van der Waals surface area contributed by atoms with Crippen LogP contribution in [0, 0.1) is 0 Å². The van der Waals surface area contributed by atoms with Crippen molar-refractivity contribution in [2.45, 2.75) is 6.61 Å². The minimum atomic E-state index is -0.0802.